The number of nitrogens with two attached hydrogens (primary N) is 1. The zero-order chi connectivity index (χ0) is 11.3. The van der Waals surface area contributed by atoms with E-state index in [4.69, 9.17) is 10.5 Å². The number of ether oxygens (including phenoxy) is 1. The second-order valence-electron chi connectivity index (χ2n) is 4.96. The fraction of sp³-hybridized carbons (Fsp3) is 1.00. The van der Waals surface area contributed by atoms with Gasteiger partial charge in [0.05, 0.1) is 12.2 Å². The molecule has 3 atom stereocenters. The minimum atomic E-state index is -0.108. The number of hydrogen-bond acceptors (Lipinski definition) is 3. The van der Waals surface area contributed by atoms with E-state index in [9.17, 15) is 5.11 Å². The molecule has 90 valence electrons. The van der Waals surface area contributed by atoms with Crippen LogP contribution in [0.3, 0.4) is 0 Å². The van der Waals surface area contributed by atoms with Crippen LogP contribution in [-0.2, 0) is 4.74 Å². The highest BCUT2D eigenvalue weighted by Crippen LogP contribution is 2.33. The van der Waals surface area contributed by atoms with E-state index in [1.807, 2.05) is 0 Å². The first-order valence-electron chi connectivity index (χ1n) is 6.12. The van der Waals surface area contributed by atoms with E-state index in [1.54, 1.807) is 0 Å². The summed E-state index contributed by atoms with van der Waals surface area (Å²) in [6.45, 7) is 5.00. The summed E-state index contributed by atoms with van der Waals surface area (Å²) in [5.41, 5.74) is 5.69. The van der Waals surface area contributed by atoms with Crippen LogP contribution in [0.2, 0.25) is 0 Å². The van der Waals surface area contributed by atoms with E-state index in [0.717, 1.165) is 32.1 Å². The van der Waals surface area contributed by atoms with Gasteiger partial charge in [0.2, 0.25) is 0 Å². The molecular weight excluding hydrogens is 190 g/mol. The van der Waals surface area contributed by atoms with Gasteiger partial charge in [-0.3, -0.25) is 0 Å². The van der Waals surface area contributed by atoms with Gasteiger partial charge in [0.25, 0.3) is 0 Å². The molecule has 3 nitrogen and oxygen atoms in total. The highest BCUT2D eigenvalue weighted by Gasteiger charge is 2.33. The van der Waals surface area contributed by atoms with Crippen molar-refractivity contribution in [3.63, 3.8) is 0 Å². The van der Waals surface area contributed by atoms with Crippen molar-refractivity contribution >= 4 is 0 Å². The Morgan fingerprint density at radius 1 is 1.47 bits per heavy atom. The minimum absolute atomic E-state index is 0.108. The Balaban J connectivity index is 2.49. The van der Waals surface area contributed by atoms with Crippen LogP contribution in [0.5, 0.6) is 0 Å². The lowest BCUT2D eigenvalue weighted by atomic mass is 9.78. The first-order chi connectivity index (χ1) is 7.15. The molecule has 3 heteroatoms. The van der Waals surface area contributed by atoms with E-state index in [0.29, 0.717) is 18.8 Å². The molecule has 1 rings (SSSR count). The third-order valence-electron chi connectivity index (χ3n) is 3.53. The molecular formula is C12H25NO2. The molecule has 0 radical (unpaired) electrons. The Morgan fingerprint density at radius 2 is 2.20 bits per heavy atom. The lowest BCUT2D eigenvalue weighted by Gasteiger charge is -2.32. The Bertz CT molecular complexity index is 180. The van der Waals surface area contributed by atoms with Crippen LogP contribution in [0.15, 0.2) is 0 Å². The molecule has 0 aliphatic carbocycles. The van der Waals surface area contributed by atoms with Gasteiger partial charge in [0.1, 0.15) is 0 Å². The maximum absolute atomic E-state index is 9.50. The van der Waals surface area contributed by atoms with Crippen molar-refractivity contribution in [2.75, 3.05) is 13.2 Å². The van der Waals surface area contributed by atoms with E-state index in [-0.39, 0.29) is 12.0 Å². The van der Waals surface area contributed by atoms with Crippen LogP contribution >= 0.6 is 0 Å². The molecule has 0 amide bonds. The van der Waals surface area contributed by atoms with Crippen LogP contribution in [0.25, 0.3) is 0 Å². The van der Waals surface area contributed by atoms with Gasteiger partial charge >= 0.3 is 0 Å². The standard InChI is InChI=1S/C12H25NO2/c1-3-6-12(8-13,9-14)7-11-5-4-10(2)15-11/h10-11,14H,3-9,13H2,1-2H3. The minimum Gasteiger partial charge on any atom is -0.396 e. The molecule has 0 aromatic carbocycles. The lowest BCUT2D eigenvalue weighted by molar-refractivity contribution is 0.00283. The molecule has 15 heavy (non-hydrogen) atoms. The molecule has 3 N–H and O–H groups in total. The van der Waals surface area contributed by atoms with E-state index < -0.39 is 0 Å². The molecule has 1 fully saturated rings. The Kier molecular flexibility index (Phi) is 5.03. The summed E-state index contributed by atoms with van der Waals surface area (Å²) < 4.78 is 5.80. The zero-order valence-electron chi connectivity index (χ0n) is 10.0. The van der Waals surface area contributed by atoms with Crippen LogP contribution in [-0.4, -0.2) is 30.5 Å². The van der Waals surface area contributed by atoms with Crippen molar-refractivity contribution in [3.05, 3.63) is 0 Å². The molecule has 0 bridgehead atoms. The van der Waals surface area contributed by atoms with Gasteiger partial charge in [0.15, 0.2) is 0 Å². The third kappa shape index (κ3) is 3.44. The van der Waals surface area contributed by atoms with Crippen LogP contribution in [0, 0.1) is 5.41 Å². The summed E-state index contributed by atoms with van der Waals surface area (Å²) in [5, 5.41) is 9.50. The topological polar surface area (TPSA) is 55.5 Å². The van der Waals surface area contributed by atoms with E-state index >= 15 is 0 Å². The van der Waals surface area contributed by atoms with Crippen LogP contribution in [0.4, 0.5) is 0 Å². The molecule has 1 heterocycles. The van der Waals surface area contributed by atoms with Gasteiger partial charge in [-0.15, -0.1) is 0 Å². The maximum atomic E-state index is 9.50. The summed E-state index contributed by atoms with van der Waals surface area (Å²) in [5.74, 6) is 0. The predicted octanol–water partition coefficient (Wildman–Crippen LogP) is 1.68. The van der Waals surface area contributed by atoms with E-state index in [2.05, 4.69) is 13.8 Å². The second-order valence-corrected chi connectivity index (χ2v) is 4.96. The van der Waals surface area contributed by atoms with Gasteiger partial charge in [-0.1, -0.05) is 13.3 Å². The largest absolute Gasteiger partial charge is 0.396 e. The quantitative estimate of drug-likeness (QED) is 0.709. The highest BCUT2D eigenvalue weighted by atomic mass is 16.5. The predicted molar refractivity (Wildman–Crippen MR) is 61.7 cm³/mol. The molecule has 1 aliphatic rings. The zero-order valence-corrected chi connectivity index (χ0v) is 10.0. The van der Waals surface area contributed by atoms with Crippen molar-refractivity contribution in [1.29, 1.82) is 0 Å². The molecule has 0 aromatic rings. The molecule has 0 aromatic heterocycles. The van der Waals surface area contributed by atoms with Gasteiger partial charge in [-0.2, -0.15) is 0 Å². The molecule has 0 saturated carbocycles. The van der Waals surface area contributed by atoms with Gasteiger partial charge in [-0.05, 0) is 32.6 Å². The van der Waals surface area contributed by atoms with Crippen molar-refractivity contribution in [2.24, 2.45) is 11.1 Å². The first kappa shape index (κ1) is 12.9. The fourth-order valence-corrected chi connectivity index (χ4v) is 2.54. The summed E-state index contributed by atoms with van der Waals surface area (Å²) in [4.78, 5) is 0. The molecule has 3 unspecified atom stereocenters. The normalized spacial score (nSPS) is 30.4. The summed E-state index contributed by atoms with van der Waals surface area (Å²) >= 11 is 0. The number of rotatable bonds is 6. The van der Waals surface area contributed by atoms with Crippen LogP contribution in [0.1, 0.15) is 46.0 Å². The Labute approximate surface area is 93.0 Å². The smallest absolute Gasteiger partial charge is 0.0586 e. The SMILES string of the molecule is CCCC(CN)(CO)CC1CCC(C)O1. The average Bonchev–Trinajstić information content (AvgIpc) is 2.63. The van der Waals surface area contributed by atoms with Crippen molar-refractivity contribution in [1.82, 2.24) is 0 Å². The first-order valence-corrected chi connectivity index (χ1v) is 6.12. The van der Waals surface area contributed by atoms with Gasteiger partial charge in [-0.25, -0.2) is 0 Å². The van der Waals surface area contributed by atoms with Crippen molar-refractivity contribution in [3.8, 4) is 0 Å². The fourth-order valence-electron chi connectivity index (χ4n) is 2.54. The summed E-state index contributed by atoms with van der Waals surface area (Å²) in [6.07, 6.45) is 5.93. The van der Waals surface area contributed by atoms with Crippen LogP contribution < -0.4 is 5.73 Å². The van der Waals surface area contributed by atoms with Gasteiger partial charge < -0.3 is 15.6 Å². The molecule has 0 spiro atoms. The van der Waals surface area contributed by atoms with Crippen molar-refractivity contribution < 1.29 is 9.84 Å². The molecule has 1 saturated heterocycles. The van der Waals surface area contributed by atoms with Gasteiger partial charge in [0, 0.05) is 18.6 Å². The second kappa shape index (κ2) is 5.83. The highest BCUT2D eigenvalue weighted by molar-refractivity contribution is 4.85. The third-order valence-corrected chi connectivity index (χ3v) is 3.53. The number of aliphatic hydroxyl groups excluding tert-OH is 1. The summed E-state index contributed by atoms with van der Waals surface area (Å²) in [7, 11) is 0. The molecule has 1 aliphatic heterocycles. The monoisotopic (exact) mass is 215 g/mol. The number of hydrogen-bond donors (Lipinski definition) is 2. The Morgan fingerprint density at radius 3 is 2.60 bits per heavy atom. The van der Waals surface area contributed by atoms with E-state index in [1.165, 1.54) is 0 Å². The summed E-state index contributed by atoms with van der Waals surface area (Å²) in [6, 6.07) is 0. The Hall–Kier alpha value is -0.120. The van der Waals surface area contributed by atoms with Crippen molar-refractivity contribution in [2.45, 2.75) is 58.2 Å². The average molecular weight is 215 g/mol. The maximum Gasteiger partial charge on any atom is 0.0586 e. The number of aliphatic hydroxyl groups is 1. The lowest BCUT2D eigenvalue weighted by Crippen LogP contribution is -2.37.